The molecule has 0 bridgehead atoms. The minimum Gasteiger partial charge on any atom is -0.488 e. The van der Waals surface area contributed by atoms with E-state index in [0.29, 0.717) is 11.3 Å². The first-order chi connectivity index (χ1) is 16.8. The van der Waals surface area contributed by atoms with Gasteiger partial charge in [0.1, 0.15) is 31.3 Å². The lowest BCUT2D eigenvalue weighted by Crippen LogP contribution is -2.63. The summed E-state index contributed by atoms with van der Waals surface area (Å²) in [6.45, 7) is 10.5. The van der Waals surface area contributed by atoms with Crippen LogP contribution in [0.25, 0.3) is 0 Å². The summed E-state index contributed by atoms with van der Waals surface area (Å²) in [5.74, 6) is -2.85. The zero-order valence-corrected chi connectivity index (χ0v) is 21.7. The molecule has 0 saturated carbocycles. The van der Waals surface area contributed by atoms with Crippen molar-refractivity contribution in [1.29, 1.82) is 0 Å². The van der Waals surface area contributed by atoms with E-state index in [-0.39, 0.29) is 43.9 Å². The normalized spacial score (nSPS) is 21.7. The van der Waals surface area contributed by atoms with Gasteiger partial charge in [0.15, 0.2) is 0 Å². The van der Waals surface area contributed by atoms with Crippen molar-refractivity contribution in [3.8, 4) is 5.75 Å². The molecule has 35 heavy (non-hydrogen) atoms. The van der Waals surface area contributed by atoms with Gasteiger partial charge in [-0.15, -0.1) is 6.58 Å². The van der Waals surface area contributed by atoms with Crippen LogP contribution >= 0.6 is 22.6 Å². The monoisotopic (exact) mass is 597 g/mol. The number of carbonyl (C=O) groups excluding carboxylic acids is 3. The van der Waals surface area contributed by atoms with Gasteiger partial charge in [0.25, 0.3) is 0 Å². The summed E-state index contributed by atoms with van der Waals surface area (Å²) in [5, 5.41) is 9.32. The van der Waals surface area contributed by atoms with Crippen LogP contribution in [0.15, 0.2) is 54.8 Å². The van der Waals surface area contributed by atoms with Crippen LogP contribution in [-0.2, 0) is 35.5 Å². The Kier molecular flexibility index (Phi) is 9.09. The molecule has 0 spiro atoms. The summed E-state index contributed by atoms with van der Waals surface area (Å²) in [6.07, 6.45) is 2.88. The second-order valence-electron chi connectivity index (χ2n) is 8.25. The van der Waals surface area contributed by atoms with E-state index >= 15 is 0 Å². The maximum atomic E-state index is 13.1. The third kappa shape index (κ3) is 5.44. The van der Waals surface area contributed by atoms with Crippen molar-refractivity contribution in [1.82, 2.24) is 4.90 Å². The van der Waals surface area contributed by atoms with Crippen LogP contribution in [0.4, 0.5) is 0 Å². The van der Waals surface area contributed by atoms with Crippen LogP contribution in [0.5, 0.6) is 5.75 Å². The van der Waals surface area contributed by atoms with Crippen molar-refractivity contribution < 1.29 is 38.7 Å². The predicted molar refractivity (Wildman–Crippen MR) is 133 cm³/mol. The Balaban J connectivity index is 1.84. The molecule has 0 aromatic heterocycles. The lowest BCUT2D eigenvalue weighted by Gasteiger charge is -2.47. The fourth-order valence-corrected chi connectivity index (χ4v) is 5.06. The van der Waals surface area contributed by atoms with Gasteiger partial charge >= 0.3 is 11.9 Å². The molecular formula is C25H28INO8. The predicted octanol–water partition coefficient (Wildman–Crippen LogP) is 2.92. The highest BCUT2D eigenvalue weighted by Gasteiger charge is 2.61. The largest absolute Gasteiger partial charge is 0.488 e. The molecule has 1 saturated heterocycles. The van der Waals surface area contributed by atoms with Gasteiger partial charge in [-0.2, -0.15) is 4.89 Å². The van der Waals surface area contributed by atoms with Crippen LogP contribution in [0.1, 0.15) is 19.4 Å². The van der Waals surface area contributed by atoms with Crippen LogP contribution in [0.3, 0.4) is 0 Å². The summed E-state index contributed by atoms with van der Waals surface area (Å²) in [7, 11) is 0. The lowest BCUT2D eigenvalue weighted by molar-refractivity contribution is -0.271. The number of ether oxygens (including phenoxy) is 2. The lowest BCUT2D eigenvalue weighted by atomic mass is 9.74. The molecule has 0 radical (unpaired) electrons. The van der Waals surface area contributed by atoms with Crippen LogP contribution in [0.2, 0.25) is 0 Å². The first-order valence-electron chi connectivity index (χ1n) is 11.1. The quantitative estimate of drug-likeness (QED) is 0.0745. The number of halogens is 1. The SMILES string of the molecule is C=CCOOC(=O)C(C)C1C(=O)N2C(C(=O)OCC=C)=C(COc3ccc(CO)cc3I)[C@H](C)C12. The van der Waals surface area contributed by atoms with Crippen LogP contribution in [-0.4, -0.2) is 53.7 Å². The molecule has 1 aromatic rings. The molecule has 3 rings (SSSR count). The fraction of sp³-hybridized carbons (Fsp3) is 0.400. The molecule has 1 fully saturated rings. The Morgan fingerprint density at radius 2 is 1.97 bits per heavy atom. The van der Waals surface area contributed by atoms with Gasteiger partial charge in [0.05, 0.1) is 28.1 Å². The van der Waals surface area contributed by atoms with Gasteiger partial charge < -0.3 is 19.5 Å². The Morgan fingerprint density at radius 3 is 2.60 bits per heavy atom. The summed E-state index contributed by atoms with van der Waals surface area (Å²) in [6, 6.07) is 4.87. The van der Waals surface area contributed by atoms with E-state index in [1.807, 2.05) is 6.92 Å². The van der Waals surface area contributed by atoms with Crippen molar-refractivity contribution in [3.05, 3.63) is 63.9 Å². The highest BCUT2D eigenvalue weighted by Crippen LogP contribution is 2.49. The summed E-state index contributed by atoms with van der Waals surface area (Å²) < 4.78 is 12.1. The third-order valence-corrected chi connectivity index (χ3v) is 6.96. The fourth-order valence-electron chi connectivity index (χ4n) is 4.32. The number of hydrogen-bond donors (Lipinski definition) is 1. The highest BCUT2D eigenvalue weighted by atomic mass is 127. The number of β-lactam (4-membered cyclic amide) rings is 1. The van der Waals surface area contributed by atoms with E-state index < -0.39 is 29.8 Å². The number of rotatable bonds is 12. The Morgan fingerprint density at radius 1 is 1.26 bits per heavy atom. The Labute approximate surface area is 217 Å². The highest BCUT2D eigenvalue weighted by molar-refractivity contribution is 14.1. The van der Waals surface area contributed by atoms with E-state index in [0.717, 1.165) is 9.13 Å². The van der Waals surface area contributed by atoms with Gasteiger partial charge in [-0.05, 0) is 40.3 Å². The van der Waals surface area contributed by atoms with Gasteiger partial charge in [-0.3, -0.25) is 9.68 Å². The molecular weight excluding hydrogens is 569 g/mol. The summed E-state index contributed by atoms with van der Waals surface area (Å²) >= 11 is 2.11. The smallest absolute Gasteiger partial charge is 0.355 e. The van der Waals surface area contributed by atoms with E-state index in [9.17, 15) is 19.5 Å². The van der Waals surface area contributed by atoms with E-state index in [1.165, 1.54) is 17.1 Å². The molecule has 1 N–H and O–H groups in total. The number of benzene rings is 1. The number of aliphatic hydroxyl groups is 1. The Hall–Kier alpha value is -2.70. The minimum absolute atomic E-state index is 0.00906. The standard InChI is InChI=1S/C25H28INO8/c1-5-9-32-25(31)22-17(13-33-19-8-7-16(12-28)11-18(19)26)14(3)21-20(23(29)27(21)22)15(4)24(30)35-34-10-6-2/h5-8,11,14-15,20-21,28H,1-2,9-10,12-13H2,3-4H3/t14-,15?,20?,21?/m0/s1. The second kappa shape index (κ2) is 11.8. The third-order valence-electron chi connectivity index (χ3n) is 6.12. The van der Waals surface area contributed by atoms with Crippen molar-refractivity contribution in [3.63, 3.8) is 0 Å². The van der Waals surface area contributed by atoms with E-state index in [4.69, 9.17) is 19.2 Å². The van der Waals surface area contributed by atoms with Gasteiger partial charge in [0, 0.05) is 11.5 Å². The van der Waals surface area contributed by atoms with Gasteiger partial charge in [0.2, 0.25) is 5.91 Å². The van der Waals surface area contributed by atoms with Crippen molar-refractivity contribution in [2.24, 2.45) is 17.8 Å². The average Bonchev–Trinajstić information content (AvgIpc) is 3.09. The molecule has 2 heterocycles. The van der Waals surface area contributed by atoms with E-state index in [1.54, 1.807) is 25.1 Å². The average molecular weight is 597 g/mol. The molecule has 188 valence electrons. The molecule has 10 heteroatoms. The molecule has 1 aromatic carbocycles. The summed E-state index contributed by atoms with van der Waals surface area (Å²) in [5.41, 5.74) is 1.49. The number of aliphatic hydroxyl groups excluding tert-OH is 1. The van der Waals surface area contributed by atoms with Crippen LogP contribution in [0, 0.1) is 21.3 Å². The second-order valence-corrected chi connectivity index (χ2v) is 9.41. The molecule has 2 aliphatic rings. The first-order valence-corrected chi connectivity index (χ1v) is 12.1. The number of fused-ring (bicyclic) bond motifs is 1. The van der Waals surface area contributed by atoms with Crippen LogP contribution < -0.4 is 4.74 Å². The maximum absolute atomic E-state index is 13.1. The zero-order valence-electron chi connectivity index (χ0n) is 19.6. The number of amides is 1. The number of carbonyl (C=O) groups is 3. The topological polar surface area (TPSA) is 112 Å². The number of hydrogen-bond acceptors (Lipinski definition) is 8. The Bertz CT molecular complexity index is 1050. The summed E-state index contributed by atoms with van der Waals surface area (Å²) in [4.78, 5) is 49.4. The van der Waals surface area contributed by atoms with Gasteiger partial charge in [-0.25, -0.2) is 9.59 Å². The molecule has 2 aliphatic heterocycles. The molecule has 0 aliphatic carbocycles. The van der Waals surface area contributed by atoms with Crippen molar-refractivity contribution in [2.75, 3.05) is 19.8 Å². The van der Waals surface area contributed by atoms with Crippen molar-refractivity contribution >= 4 is 40.4 Å². The molecule has 9 nitrogen and oxygen atoms in total. The number of esters is 1. The molecule has 1 amide bonds. The first kappa shape index (κ1) is 26.9. The molecule has 3 unspecified atom stereocenters. The van der Waals surface area contributed by atoms with Gasteiger partial charge in [-0.1, -0.05) is 38.6 Å². The minimum atomic E-state index is -0.784. The zero-order chi connectivity index (χ0) is 25.7. The number of nitrogens with zero attached hydrogens (tertiary/aromatic N) is 1. The maximum Gasteiger partial charge on any atom is 0.355 e. The van der Waals surface area contributed by atoms with Crippen molar-refractivity contribution in [2.45, 2.75) is 26.5 Å². The van der Waals surface area contributed by atoms with E-state index in [2.05, 4.69) is 35.7 Å². The molecule has 4 atom stereocenters.